The van der Waals surface area contributed by atoms with E-state index in [4.69, 9.17) is 0 Å². The summed E-state index contributed by atoms with van der Waals surface area (Å²) in [6, 6.07) is 6.91. The van der Waals surface area contributed by atoms with Gasteiger partial charge in [0.05, 0.1) is 0 Å². The monoisotopic (exact) mass is 253 g/mol. The Kier molecular flexibility index (Phi) is 3.22. The number of carbonyl (C=O) groups is 1. The van der Waals surface area contributed by atoms with Gasteiger partial charge in [0.15, 0.2) is 0 Å². The van der Waals surface area contributed by atoms with Crippen molar-refractivity contribution in [3.63, 3.8) is 0 Å². The lowest BCUT2D eigenvalue weighted by molar-refractivity contribution is -0.130. The van der Waals surface area contributed by atoms with E-state index in [9.17, 15) is 25.9 Å². The molecule has 0 aliphatic rings. The number of hydrogen-bond donors (Lipinski definition) is 1. The molecule has 1 N–H and O–H groups in total. The van der Waals surface area contributed by atoms with Crippen molar-refractivity contribution in [3.05, 3.63) is 30.3 Å². The molecule has 0 aromatic heterocycles. The highest BCUT2D eigenvalue weighted by atomic mass is 32.3. The third-order valence-corrected chi connectivity index (χ3v) is 2.40. The van der Waals surface area contributed by atoms with Gasteiger partial charge in [0, 0.05) is 5.69 Å². The van der Waals surface area contributed by atoms with Crippen molar-refractivity contribution in [1.29, 1.82) is 0 Å². The van der Waals surface area contributed by atoms with Crippen LogP contribution in [0.15, 0.2) is 30.3 Å². The molecule has 0 atom stereocenters. The Morgan fingerprint density at radius 3 is 2.12 bits per heavy atom. The van der Waals surface area contributed by atoms with Crippen molar-refractivity contribution in [3.8, 4) is 0 Å². The van der Waals surface area contributed by atoms with E-state index in [0.717, 1.165) is 0 Å². The largest absolute Gasteiger partial charge is 0.451 e. The van der Waals surface area contributed by atoms with Crippen molar-refractivity contribution < 1.29 is 25.9 Å². The zero-order chi connectivity index (χ0) is 12.4. The van der Waals surface area contributed by atoms with Crippen LogP contribution in [0.3, 0.4) is 0 Å². The molecule has 0 aliphatic heterocycles. The van der Waals surface area contributed by atoms with E-state index in [2.05, 4.69) is 0 Å². The zero-order valence-corrected chi connectivity index (χ0v) is 8.47. The molecule has 0 spiro atoms. The average molecular weight is 253 g/mol. The van der Waals surface area contributed by atoms with Gasteiger partial charge in [-0.05, 0) is 12.1 Å². The fraction of sp³-hybridized carbons (Fsp3) is 0.125. The molecule has 0 saturated heterocycles. The van der Waals surface area contributed by atoms with E-state index in [0.29, 0.717) is 0 Å². The third-order valence-electron chi connectivity index (χ3n) is 1.60. The van der Waals surface area contributed by atoms with Crippen LogP contribution >= 0.6 is 0 Å². The summed E-state index contributed by atoms with van der Waals surface area (Å²) in [6.07, 6.45) is 0. The molecular formula is C8H6F3NO3S. The summed E-state index contributed by atoms with van der Waals surface area (Å²) in [5, 5.41) is -3.51. The lowest BCUT2D eigenvalue weighted by Crippen LogP contribution is -2.39. The minimum atomic E-state index is -6.27. The second kappa shape index (κ2) is 4.12. The second-order valence-corrected chi connectivity index (χ2v) is 4.16. The molecular weight excluding hydrogens is 247 g/mol. The van der Waals surface area contributed by atoms with Crippen LogP contribution in [-0.2, 0) is 15.0 Å². The van der Waals surface area contributed by atoms with Crippen LogP contribution < -0.4 is 5.32 Å². The Balaban J connectivity index is 2.90. The van der Waals surface area contributed by atoms with Gasteiger partial charge < -0.3 is 5.32 Å². The third kappa shape index (κ3) is 2.51. The molecule has 1 rings (SSSR count). The normalized spacial score (nSPS) is 12.2. The number of anilines is 1. The SMILES string of the molecule is O=C(Nc1ccccc1)C(F)(F)S(=O)(=O)F. The number of para-hydroxylation sites is 1. The molecule has 8 heteroatoms. The topological polar surface area (TPSA) is 63.2 Å². The molecule has 0 radical (unpaired) electrons. The Labute approximate surface area is 89.3 Å². The average Bonchev–Trinajstić information content (AvgIpc) is 2.17. The fourth-order valence-corrected chi connectivity index (χ4v) is 1.11. The highest BCUT2D eigenvalue weighted by molar-refractivity contribution is 7.88. The molecule has 0 aliphatic carbocycles. The number of benzene rings is 1. The summed E-state index contributed by atoms with van der Waals surface area (Å²) in [4.78, 5) is 10.8. The van der Waals surface area contributed by atoms with Crippen LogP contribution in [0.5, 0.6) is 0 Å². The lowest BCUT2D eigenvalue weighted by Gasteiger charge is -2.11. The van der Waals surface area contributed by atoms with Gasteiger partial charge in [0.2, 0.25) is 0 Å². The van der Waals surface area contributed by atoms with Gasteiger partial charge in [0.25, 0.3) is 0 Å². The van der Waals surface area contributed by atoms with Crippen molar-refractivity contribution in [2.75, 3.05) is 5.32 Å². The second-order valence-electron chi connectivity index (χ2n) is 2.77. The Bertz CT molecular complexity index is 487. The molecule has 1 aromatic carbocycles. The van der Waals surface area contributed by atoms with E-state index in [1.54, 1.807) is 11.4 Å². The van der Waals surface area contributed by atoms with Gasteiger partial charge in [-0.25, -0.2) is 0 Å². The molecule has 1 aromatic rings. The van der Waals surface area contributed by atoms with Crippen molar-refractivity contribution >= 4 is 21.8 Å². The van der Waals surface area contributed by atoms with Gasteiger partial charge >= 0.3 is 21.4 Å². The standard InChI is InChI=1S/C8H6F3NO3S/c9-8(10,16(11,14)15)7(13)12-6-4-2-1-3-5-6/h1-5H,(H,12,13). The Morgan fingerprint density at radius 2 is 1.69 bits per heavy atom. The van der Waals surface area contributed by atoms with E-state index in [1.807, 2.05) is 0 Å². The van der Waals surface area contributed by atoms with E-state index in [1.165, 1.54) is 24.3 Å². The molecule has 1 amide bonds. The predicted octanol–water partition coefficient (Wildman–Crippen LogP) is 1.52. The molecule has 0 unspecified atom stereocenters. The van der Waals surface area contributed by atoms with Crippen LogP contribution in [0.1, 0.15) is 0 Å². The summed E-state index contributed by atoms with van der Waals surface area (Å²) in [5.74, 6) is -2.24. The van der Waals surface area contributed by atoms with Crippen LogP contribution in [0.25, 0.3) is 0 Å². The number of carbonyl (C=O) groups excluding carboxylic acids is 1. The van der Waals surface area contributed by atoms with E-state index < -0.39 is 21.4 Å². The van der Waals surface area contributed by atoms with Crippen LogP contribution in [-0.4, -0.2) is 19.6 Å². The fourth-order valence-electron chi connectivity index (χ4n) is 0.836. The Morgan fingerprint density at radius 1 is 1.19 bits per heavy atom. The van der Waals surface area contributed by atoms with Crippen LogP contribution in [0.2, 0.25) is 0 Å². The van der Waals surface area contributed by atoms with E-state index >= 15 is 0 Å². The number of rotatable bonds is 3. The first-order valence-electron chi connectivity index (χ1n) is 3.93. The maximum Gasteiger partial charge on any atom is 0.451 e. The van der Waals surface area contributed by atoms with Crippen LogP contribution in [0, 0.1) is 0 Å². The van der Waals surface area contributed by atoms with Gasteiger partial charge in [-0.3, -0.25) is 4.79 Å². The number of halogens is 3. The molecule has 16 heavy (non-hydrogen) atoms. The zero-order valence-electron chi connectivity index (χ0n) is 7.65. The van der Waals surface area contributed by atoms with Crippen molar-refractivity contribution in [2.24, 2.45) is 0 Å². The summed E-state index contributed by atoms with van der Waals surface area (Å²) in [6.45, 7) is 0. The molecule has 0 fully saturated rings. The summed E-state index contributed by atoms with van der Waals surface area (Å²) < 4.78 is 57.4. The maximum absolute atomic E-state index is 12.6. The quantitative estimate of drug-likeness (QED) is 0.830. The minimum absolute atomic E-state index is 0.0594. The number of nitrogens with one attached hydrogen (secondary N) is 1. The number of alkyl halides is 2. The molecule has 88 valence electrons. The van der Waals surface area contributed by atoms with Gasteiger partial charge in [-0.15, -0.1) is 0 Å². The molecule has 0 saturated carbocycles. The summed E-state index contributed by atoms with van der Waals surface area (Å²) >= 11 is 0. The summed E-state index contributed by atoms with van der Waals surface area (Å²) in [7, 11) is -6.27. The molecule has 0 heterocycles. The highest BCUT2D eigenvalue weighted by Gasteiger charge is 2.53. The van der Waals surface area contributed by atoms with Crippen LogP contribution in [0.4, 0.5) is 18.4 Å². The first-order chi connectivity index (χ1) is 7.25. The Hall–Kier alpha value is -1.57. The highest BCUT2D eigenvalue weighted by Crippen LogP contribution is 2.25. The van der Waals surface area contributed by atoms with Crippen molar-refractivity contribution in [1.82, 2.24) is 0 Å². The number of hydrogen-bond acceptors (Lipinski definition) is 3. The van der Waals surface area contributed by atoms with Gasteiger partial charge in [-0.2, -0.15) is 17.2 Å². The lowest BCUT2D eigenvalue weighted by atomic mass is 10.3. The molecule has 4 nitrogen and oxygen atoms in total. The first kappa shape index (κ1) is 12.5. The van der Waals surface area contributed by atoms with Gasteiger partial charge in [0.1, 0.15) is 0 Å². The minimum Gasteiger partial charge on any atom is -0.320 e. The predicted molar refractivity (Wildman–Crippen MR) is 50.0 cm³/mol. The van der Waals surface area contributed by atoms with E-state index in [-0.39, 0.29) is 5.69 Å². The summed E-state index contributed by atoms with van der Waals surface area (Å²) in [5.41, 5.74) is -0.0594. The smallest absolute Gasteiger partial charge is 0.320 e. The number of amides is 1. The van der Waals surface area contributed by atoms with Crippen molar-refractivity contribution in [2.45, 2.75) is 5.25 Å². The van der Waals surface area contributed by atoms with Gasteiger partial charge in [-0.1, -0.05) is 22.1 Å². The maximum atomic E-state index is 12.6. The molecule has 0 bridgehead atoms. The first-order valence-corrected chi connectivity index (χ1v) is 5.32.